The molecule has 0 fully saturated rings. The summed E-state index contributed by atoms with van der Waals surface area (Å²) in [5, 5.41) is 8.99. The Morgan fingerprint density at radius 2 is 1.95 bits per heavy atom. The highest BCUT2D eigenvalue weighted by Crippen LogP contribution is 2.31. The molecule has 4 nitrogen and oxygen atoms in total. The molecule has 0 saturated carbocycles. The standard InChI is InChI=1S/C16H18N2O2/c1-10-14(6-7-19)16(20)18-15(17-10)13-8-11-4-2-3-5-12(11)9-13/h2-5,13,19H,6-9H2,1H3,(H,17,18,20). The Kier molecular flexibility index (Phi) is 3.40. The predicted molar refractivity (Wildman–Crippen MR) is 77.0 cm³/mol. The monoisotopic (exact) mass is 270 g/mol. The van der Waals surface area contributed by atoms with E-state index in [9.17, 15) is 4.79 Å². The number of hydrogen-bond donors (Lipinski definition) is 2. The lowest BCUT2D eigenvalue weighted by Gasteiger charge is -2.11. The van der Waals surface area contributed by atoms with Crippen LogP contribution in [0.15, 0.2) is 29.1 Å². The lowest BCUT2D eigenvalue weighted by Crippen LogP contribution is -2.21. The second-order valence-corrected chi connectivity index (χ2v) is 5.36. The summed E-state index contributed by atoms with van der Waals surface area (Å²) in [6.45, 7) is 1.81. The molecule has 0 amide bonds. The molecule has 0 bridgehead atoms. The number of aliphatic hydroxyl groups is 1. The Hall–Kier alpha value is -1.94. The van der Waals surface area contributed by atoms with Crippen molar-refractivity contribution in [2.45, 2.75) is 32.1 Å². The molecule has 1 aliphatic rings. The lowest BCUT2D eigenvalue weighted by molar-refractivity contribution is 0.298. The van der Waals surface area contributed by atoms with Crippen LogP contribution in [0.3, 0.4) is 0 Å². The Morgan fingerprint density at radius 1 is 1.30 bits per heavy atom. The maximum Gasteiger partial charge on any atom is 0.254 e. The zero-order valence-electron chi connectivity index (χ0n) is 11.5. The number of aromatic nitrogens is 2. The number of nitrogens with one attached hydrogen (secondary N) is 1. The average Bonchev–Trinajstić information content (AvgIpc) is 2.86. The van der Waals surface area contributed by atoms with Gasteiger partial charge < -0.3 is 10.1 Å². The van der Waals surface area contributed by atoms with Crippen LogP contribution in [0.4, 0.5) is 0 Å². The summed E-state index contributed by atoms with van der Waals surface area (Å²) in [7, 11) is 0. The molecular formula is C16H18N2O2. The third-order valence-electron chi connectivity index (χ3n) is 4.04. The van der Waals surface area contributed by atoms with Crippen molar-refractivity contribution in [1.29, 1.82) is 0 Å². The van der Waals surface area contributed by atoms with Crippen LogP contribution in [0.2, 0.25) is 0 Å². The molecule has 0 saturated heterocycles. The van der Waals surface area contributed by atoms with Crippen LogP contribution in [-0.2, 0) is 19.3 Å². The van der Waals surface area contributed by atoms with Crippen molar-refractivity contribution >= 4 is 0 Å². The second kappa shape index (κ2) is 5.21. The van der Waals surface area contributed by atoms with E-state index in [0.29, 0.717) is 12.0 Å². The molecule has 4 heteroatoms. The van der Waals surface area contributed by atoms with Gasteiger partial charge in [-0.25, -0.2) is 4.98 Å². The minimum Gasteiger partial charge on any atom is -0.396 e. The van der Waals surface area contributed by atoms with E-state index in [-0.39, 0.29) is 18.1 Å². The van der Waals surface area contributed by atoms with E-state index >= 15 is 0 Å². The fourth-order valence-corrected chi connectivity index (χ4v) is 2.98. The Labute approximate surface area is 117 Å². The molecule has 0 atom stereocenters. The van der Waals surface area contributed by atoms with Gasteiger partial charge in [0.2, 0.25) is 0 Å². The first-order valence-corrected chi connectivity index (χ1v) is 6.96. The summed E-state index contributed by atoms with van der Waals surface area (Å²) in [5.41, 5.74) is 3.90. The lowest BCUT2D eigenvalue weighted by atomic mass is 10.0. The zero-order valence-corrected chi connectivity index (χ0v) is 11.5. The number of fused-ring (bicyclic) bond motifs is 1. The molecule has 1 aromatic carbocycles. The normalized spacial score (nSPS) is 14.5. The zero-order chi connectivity index (χ0) is 14.1. The van der Waals surface area contributed by atoms with Crippen LogP contribution in [0.1, 0.15) is 34.1 Å². The summed E-state index contributed by atoms with van der Waals surface area (Å²) < 4.78 is 0. The average molecular weight is 270 g/mol. The molecular weight excluding hydrogens is 252 g/mol. The van der Waals surface area contributed by atoms with Gasteiger partial charge in [-0.15, -0.1) is 0 Å². The molecule has 1 heterocycles. The van der Waals surface area contributed by atoms with Crippen molar-refractivity contribution < 1.29 is 5.11 Å². The molecule has 0 unspecified atom stereocenters. The van der Waals surface area contributed by atoms with Crippen molar-refractivity contribution in [1.82, 2.24) is 9.97 Å². The van der Waals surface area contributed by atoms with Crippen LogP contribution in [-0.4, -0.2) is 21.7 Å². The molecule has 3 rings (SSSR count). The van der Waals surface area contributed by atoms with Crippen LogP contribution >= 0.6 is 0 Å². The summed E-state index contributed by atoms with van der Waals surface area (Å²) in [4.78, 5) is 19.5. The van der Waals surface area contributed by atoms with E-state index < -0.39 is 0 Å². The van der Waals surface area contributed by atoms with E-state index in [0.717, 1.165) is 24.4 Å². The highest BCUT2D eigenvalue weighted by atomic mass is 16.3. The number of hydrogen-bond acceptors (Lipinski definition) is 3. The van der Waals surface area contributed by atoms with Gasteiger partial charge in [-0.05, 0) is 30.9 Å². The van der Waals surface area contributed by atoms with Crippen molar-refractivity contribution in [3.8, 4) is 0 Å². The molecule has 0 aliphatic heterocycles. The summed E-state index contributed by atoms with van der Waals surface area (Å²) in [6.07, 6.45) is 2.22. The van der Waals surface area contributed by atoms with E-state index in [4.69, 9.17) is 5.11 Å². The largest absolute Gasteiger partial charge is 0.396 e. The predicted octanol–water partition coefficient (Wildman–Crippen LogP) is 1.50. The van der Waals surface area contributed by atoms with Gasteiger partial charge in [0.05, 0.1) is 0 Å². The van der Waals surface area contributed by atoms with Gasteiger partial charge in [-0.1, -0.05) is 24.3 Å². The molecule has 1 aromatic heterocycles. The van der Waals surface area contributed by atoms with E-state index in [2.05, 4.69) is 22.1 Å². The van der Waals surface area contributed by atoms with Crippen LogP contribution < -0.4 is 5.56 Å². The first-order valence-electron chi connectivity index (χ1n) is 6.96. The van der Waals surface area contributed by atoms with Crippen LogP contribution in [0.25, 0.3) is 0 Å². The summed E-state index contributed by atoms with van der Waals surface area (Å²) >= 11 is 0. The van der Waals surface area contributed by atoms with E-state index in [1.54, 1.807) is 0 Å². The number of aromatic amines is 1. The first kappa shape index (κ1) is 13.1. The fraction of sp³-hybridized carbons (Fsp3) is 0.375. The second-order valence-electron chi connectivity index (χ2n) is 5.36. The molecule has 1 aliphatic carbocycles. The molecule has 20 heavy (non-hydrogen) atoms. The number of nitrogens with zero attached hydrogens (tertiary/aromatic N) is 1. The van der Waals surface area contributed by atoms with Crippen molar-refractivity contribution in [3.63, 3.8) is 0 Å². The Balaban J connectivity index is 1.92. The topological polar surface area (TPSA) is 66.0 Å². The maximum atomic E-state index is 12.1. The van der Waals surface area contributed by atoms with E-state index in [1.165, 1.54) is 11.1 Å². The van der Waals surface area contributed by atoms with Gasteiger partial charge in [-0.3, -0.25) is 4.79 Å². The minimum absolute atomic E-state index is 0.0280. The van der Waals surface area contributed by atoms with Gasteiger partial charge in [0.15, 0.2) is 0 Å². The van der Waals surface area contributed by atoms with Gasteiger partial charge in [0, 0.05) is 30.2 Å². The van der Waals surface area contributed by atoms with Crippen LogP contribution in [0, 0.1) is 6.92 Å². The number of H-pyrrole nitrogens is 1. The van der Waals surface area contributed by atoms with Crippen molar-refractivity contribution in [3.05, 3.63) is 62.8 Å². The molecule has 2 aromatic rings. The van der Waals surface area contributed by atoms with E-state index in [1.807, 2.05) is 19.1 Å². The Morgan fingerprint density at radius 3 is 2.50 bits per heavy atom. The fourth-order valence-electron chi connectivity index (χ4n) is 2.98. The first-order chi connectivity index (χ1) is 9.69. The van der Waals surface area contributed by atoms with Gasteiger partial charge >= 0.3 is 0 Å². The van der Waals surface area contributed by atoms with Gasteiger partial charge in [0.1, 0.15) is 5.82 Å². The number of aryl methyl sites for hydroxylation is 1. The minimum atomic E-state index is -0.113. The number of benzene rings is 1. The highest BCUT2D eigenvalue weighted by molar-refractivity contribution is 5.35. The number of aliphatic hydroxyl groups excluding tert-OH is 1. The quantitative estimate of drug-likeness (QED) is 0.888. The van der Waals surface area contributed by atoms with Crippen LogP contribution in [0.5, 0.6) is 0 Å². The van der Waals surface area contributed by atoms with Crippen molar-refractivity contribution in [2.24, 2.45) is 0 Å². The van der Waals surface area contributed by atoms with Gasteiger partial charge in [-0.2, -0.15) is 0 Å². The van der Waals surface area contributed by atoms with Crippen molar-refractivity contribution in [2.75, 3.05) is 6.61 Å². The molecule has 0 spiro atoms. The smallest absolute Gasteiger partial charge is 0.254 e. The molecule has 104 valence electrons. The SMILES string of the molecule is Cc1nc(C2Cc3ccccc3C2)[nH]c(=O)c1CCO. The number of rotatable bonds is 3. The molecule has 2 N–H and O–H groups in total. The maximum absolute atomic E-state index is 12.1. The summed E-state index contributed by atoms with van der Waals surface area (Å²) in [6, 6.07) is 8.38. The highest BCUT2D eigenvalue weighted by Gasteiger charge is 2.25. The summed E-state index contributed by atoms with van der Waals surface area (Å²) in [5.74, 6) is 1.02. The van der Waals surface area contributed by atoms with Gasteiger partial charge in [0.25, 0.3) is 5.56 Å². The third-order valence-corrected chi connectivity index (χ3v) is 4.04. The molecule has 0 radical (unpaired) electrons. The third kappa shape index (κ3) is 2.27. The Bertz CT molecular complexity index is 666.